The minimum absolute atomic E-state index is 0.577. The summed E-state index contributed by atoms with van der Waals surface area (Å²) in [6, 6.07) is 15.5. The molecular formula is C21H24N4O3. The Bertz CT molecular complexity index is 829. The Kier molecular flexibility index (Phi) is 6.92. The molecule has 0 atom stereocenters. The molecule has 0 aromatic heterocycles. The molecular weight excluding hydrogens is 356 g/mol. The second-order valence-corrected chi connectivity index (χ2v) is 6.49. The number of carboxylic acids is 1. The number of amides is 1. The molecule has 0 aliphatic heterocycles. The maximum atomic E-state index is 11.8. The van der Waals surface area contributed by atoms with Crippen LogP contribution in [-0.2, 0) is 9.59 Å². The lowest BCUT2D eigenvalue weighted by molar-refractivity contribution is -0.131. The molecule has 0 radical (unpaired) electrons. The summed E-state index contributed by atoms with van der Waals surface area (Å²) in [5.74, 6) is -1.81. The molecule has 0 unspecified atom stereocenters. The standard InChI is InChI=1S/C21H24N4O3/c1-24(2)17-9-5-15(6-10-17)21(23-22-19(26)13-14-20(27)28)16-7-11-18(12-8-16)25(3)4/h5-14H,1-4H3,(H,22,26)(H,27,28). The molecule has 2 N–H and O–H groups in total. The third kappa shape index (κ3) is 5.70. The van der Waals surface area contributed by atoms with Gasteiger partial charge in [0, 0.05) is 62.8 Å². The zero-order valence-corrected chi connectivity index (χ0v) is 16.4. The molecule has 7 heteroatoms. The van der Waals surface area contributed by atoms with Crippen LogP contribution in [0.3, 0.4) is 0 Å². The fourth-order valence-electron chi connectivity index (χ4n) is 2.43. The minimum atomic E-state index is -1.20. The van der Waals surface area contributed by atoms with Gasteiger partial charge in [-0.2, -0.15) is 5.10 Å². The van der Waals surface area contributed by atoms with Gasteiger partial charge in [-0.15, -0.1) is 0 Å². The topological polar surface area (TPSA) is 85.2 Å². The van der Waals surface area contributed by atoms with Crippen molar-refractivity contribution in [3.8, 4) is 0 Å². The zero-order valence-electron chi connectivity index (χ0n) is 16.4. The van der Waals surface area contributed by atoms with E-state index in [0.717, 1.165) is 34.7 Å². The van der Waals surface area contributed by atoms with Crippen LogP contribution in [0.25, 0.3) is 0 Å². The van der Waals surface area contributed by atoms with Gasteiger partial charge in [-0.25, -0.2) is 10.2 Å². The monoisotopic (exact) mass is 380 g/mol. The molecule has 2 rings (SSSR count). The number of anilines is 2. The lowest BCUT2D eigenvalue weighted by Crippen LogP contribution is -2.19. The van der Waals surface area contributed by atoms with Gasteiger partial charge in [-0.05, 0) is 24.3 Å². The fourth-order valence-corrected chi connectivity index (χ4v) is 2.43. The average molecular weight is 380 g/mol. The maximum Gasteiger partial charge on any atom is 0.328 e. The van der Waals surface area contributed by atoms with Crippen LogP contribution in [0.15, 0.2) is 65.8 Å². The van der Waals surface area contributed by atoms with Gasteiger partial charge < -0.3 is 14.9 Å². The normalized spacial score (nSPS) is 10.4. The van der Waals surface area contributed by atoms with Crippen molar-refractivity contribution in [2.24, 2.45) is 5.10 Å². The van der Waals surface area contributed by atoms with Gasteiger partial charge in [0.2, 0.25) is 0 Å². The van der Waals surface area contributed by atoms with Gasteiger partial charge in [0.05, 0.1) is 5.71 Å². The summed E-state index contributed by atoms with van der Waals surface area (Å²) in [4.78, 5) is 26.3. The molecule has 2 aromatic rings. The average Bonchev–Trinajstić information content (AvgIpc) is 2.67. The first-order valence-electron chi connectivity index (χ1n) is 8.62. The van der Waals surface area contributed by atoms with Crippen molar-refractivity contribution in [2.45, 2.75) is 0 Å². The summed E-state index contributed by atoms with van der Waals surface area (Å²) in [7, 11) is 7.83. The number of nitrogens with one attached hydrogen (secondary N) is 1. The van der Waals surface area contributed by atoms with E-state index in [0.29, 0.717) is 5.71 Å². The van der Waals surface area contributed by atoms with E-state index in [9.17, 15) is 9.59 Å². The maximum absolute atomic E-state index is 11.8. The van der Waals surface area contributed by atoms with Crippen molar-refractivity contribution < 1.29 is 14.7 Å². The van der Waals surface area contributed by atoms with Crippen LogP contribution in [0.1, 0.15) is 11.1 Å². The number of hydrogen-bond donors (Lipinski definition) is 2. The van der Waals surface area contributed by atoms with Crippen molar-refractivity contribution in [1.29, 1.82) is 0 Å². The van der Waals surface area contributed by atoms with Crippen molar-refractivity contribution >= 4 is 29.0 Å². The molecule has 2 aromatic carbocycles. The number of rotatable bonds is 7. The highest BCUT2D eigenvalue weighted by molar-refractivity contribution is 6.13. The van der Waals surface area contributed by atoms with Crippen molar-refractivity contribution in [3.05, 3.63) is 71.8 Å². The first-order valence-corrected chi connectivity index (χ1v) is 8.62. The van der Waals surface area contributed by atoms with E-state index in [1.165, 1.54) is 0 Å². The highest BCUT2D eigenvalue weighted by Crippen LogP contribution is 2.18. The largest absolute Gasteiger partial charge is 0.478 e. The van der Waals surface area contributed by atoms with Gasteiger partial charge in [0.1, 0.15) is 0 Å². The summed E-state index contributed by atoms with van der Waals surface area (Å²) >= 11 is 0. The molecule has 0 saturated heterocycles. The number of nitrogens with zero attached hydrogens (tertiary/aromatic N) is 3. The number of aliphatic carboxylic acids is 1. The van der Waals surface area contributed by atoms with Gasteiger partial charge in [-0.3, -0.25) is 4.79 Å². The summed E-state index contributed by atoms with van der Waals surface area (Å²) < 4.78 is 0. The summed E-state index contributed by atoms with van der Waals surface area (Å²) in [6.45, 7) is 0. The molecule has 0 bridgehead atoms. The second kappa shape index (κ2) is 9.36. The number of carbonyl (C=O) groups is 2. The summed E-state index contributed by atoms with van der Waals surface area (Å²) in [5, 5.41) is 12.9. The molecule has 7 nitrogen and oxygen atoms in total. The van der Waals surface area contributed by atoms with Crippen LogP contribution in [-0.4, -0.2) is 50.9 Å². The zero-order chi connectivity index (χ0) is 20.7. The Morgan fingerprint density at radius 2 is 1.25 bits per heavy atom. The van der Waals surface area contributed by atoms with E-state index in [1.807, 2.05) is 86.5 Å². The first kappa shape index (κ1) is 20.7. The van der Waals surface area contributed by atoms with Crippen LogP contribution < -0.4 is 15.2 Å². The van der Waals surface area contributed by atoms with Crippen LogP contribution in [0, 0.1) is 0 Å². The molecule has 1 amide bonds. The number of hydrogen-bond acceptors (Lipinski definition) is 5. The molecule has 0 aliphatic carbocycles. The summed E-state index contributed by atoms with van der Waals surface area (Å²) in [5.41, 5.74) is 6.70. The number of carboxylic acid groups (broad SMARTS) is 1. The number of hydrazone groups is 1. The molecule has 0 fully saturated rings. The molecule has 0 aliphatic rings. The van der Waals surface area contributed by atoms with Gasteiger partial charge in [0.25, 0.3) is 5.91 Å². The van der Waals surface area contributed by atoms with E-state index < -0.39 is 11.9 Å². The number of benzene rings is 2. The van der Waals surface area contributed by atoms with E-state index in [4.69, 9.17) is 5.11 Å². The SMILES string of the molecule is CN(C)c1ccc(C(=NNC(=O)C=CC(=O)O)c2ccc(N(C)C)cc2)cc1. The van der Waals surface area contributed by atoms with E-state index in [1.54, 1.807) is 0 Å². The van der Waals surface area contributed by atoms with Gasteiger partial charge in [0.15, 0.2) is 0 Å². The Labute approximate surface area is 164 Å². The van der Waals surface area contributed by atoms with E-state index >= 15 is 0 Å². The van der Waals surface area contributed by atoms with Gasteiger partial charge >= 0.3 is 5.97 Å². The van der Waals surface area contributed by atoms with Crippen molar-refractivity contribution in [2.75, 3.05) is 38.0 Å². The third-order valence-corrected chi connectivity index (χ3v) is 3.97. The lowest BCUT2D eigenvalue weighted by atomic mass is 10.0. The number of carbonyl (C=O) groups excluding carboxylic acids is 1. The van der Waals surface area contributed by atoms with Crippen LogP contribution >= 0.6 is 0 Å². The smallest absolute Gasteiger partial charge is 0.328 e. The summed E-state index contributed by atoms with van der Waals surface area (Å²) in [6.07, 6.45) is 1.69. The van der Waals surface area contributed by atoms with Crippen molar-refractivity contribution in [3.63, 3.8) is 0 Å². The molecule has 0 saturated carbocycles. The van der Waals surface area contributed by atoms with Crippen LogP contribution in [0.2, 0.25) is 0 Å². The van der Waals surface area contributed by atoms with Crippen LogP contribution in [0.5, 0.6) is 0 Å². The van der Waals surface area contributed by atoms with Crippen molar-refractivity contribution in [1.82, 2.24) is 5.43 Å². The molecule has 0 heterocycles. The Morgan fingerprint density at radius 1 is 0.821 bits per heavy atom. The predicted molar refractivity (Wildman–Crippen MR) is 112 cm³/mol. The van der Waals surface area contributed by atoms with E-state index in [2.05, 4.69) is 10.5 Å². The van der Waals surface area contributed by atoms with Crippen LogP contribution in [0.4, 0.5) is 11.4 Å². The lowest BCUT2D eigenvalue weighted by Gasteiger charge is -2.15. The Balaban J connectivity index is 2.38. The highest BCUT2D eigenvalue weighted by Gasteiger charge is 2.09. The minimum Gasteiger partial charge on any atom is -0.478 e. The molecule has 146 valence electrons. The third-order valence-electron chi connectivity index (χ3n) is 3.97. The predicted octanol–water partition coefficient (Wildman–Crippen LogP) is 2.33. The second-order valence-electron chi connectivity index (χ2n) is 6.49. The Morgan fingerprint density at radius 3 is 1.61 bits per heavy atom. The van der Waals surface area contributed by atoms with E-state index in [-0.39, 0.29) is 0 Å². The highest BCUT2D eigenvalue weighted by atomic mass is 16.4. The molecule has 28 heavy (non-hydrogen) atoms. The molecule has 0 spiro atoms. The van der Waals surface area contributed by atoms with Gasteiger partial charge in [-0.1, -0.05) is 24.3 Å². The first-order chi connectivity index (χ1) is 13.3. The quantitative estimate of drug-likeness (QED) is 0.437. The Hall–Kier alpha value is -3.61. The fraction of sp³-hybridized carbons (Fsp3) is 0.190.